The highest BCUT2D eigenvalue weighted by Crippen LogP contribution is 2.27. The van der Waals surface area contributed by atoms with Crippen LogP contribution < -0.4 is 20.3 Å². The van der Waals surface area contributed by atoms with Crippen LogP contribution >= 0.6 is 11.3 Å². The number of nitrogens with one attached hydrogen (secondary N) is 2. The molecule has 2 atom stereocenters. The summed E-state index contributed by atoms with van der Waals surface area (Å²) in [6.45, 7) is 10.5. The Labute approximate surface area is 250 Å². The number of hydrogen-bond donors (Lipinski definition) is 2. The van der Waals surface area contributed by atoms with E-state index in [-0.39, 0.29) is 30.0 Å². The third kappa shape index (κ3) is 7.42. The molecule has 2 fully saturated rings. The van der Waals surface area contributed by atoms with Gasteiger partial charge in [0.2, 0.25) is 0 Å². The predicted molar refractivity (Wildman–Crippen MR) is 162 cm³/mol. The molecule has 3 aromatic rings. The Hall–Kier alpha value is -3.61. The van der Waals surface area contributed by atoms with Gasteiger partial charge in [0.05, 0.1) is 24.5 Å². The van der Waals surface area contributed by atoms with E-state index in [4.69, 9.17) is 9.47 Å². The molecular formula is C30H39N7O4S. The van der Waals surface area contributed by atoms with Crippen molar-refractivity contribution in [1.29, 1.82) is 0 Å². The molecule has 4 heterocycles. The van der Waals surface area contributed by atoms with Crippen LogP contribution in [-0.4, -0.2) is 82.7 Å². The lowest BCUT2D eigenvalue weighted by molar-refractivity contribution is -0.0409. The molecule has 2 aromatic heterocycles. The van der Waals surface area contributed by atoms with Gasteiger partial charge in [0.1, 0.15) is 11.8 Å². The van der Waals surface area contributed by atoms with Crippen LogP contribution in [0.1, 0.15) is 66.4 Å². The Morgan fingerprint density at radius 1 is 1.10 bits per heavy atom. The second kappa shape index (κ2) is 14.0. The summed E-state index contributed by atoms with van der Waals surface area (Å²) in [5.74, 6) is -0.549. The zero-order valence-corrected chi connectivity index (χ0v) is 25.2. The number of piperidine rings is 1. The van der Waals surface area contributed by atoms with Gasteiger partial charge in [-0.2, -0.15) is 0 Å². The van der Waals surface area contributed by atoms with Crippen molar-refractivity contribution in [3.8, 4) is 6.01 Å². The number of ether oxygens (including phenoxy) is 2. The Morgan fingerprint density at radius 3 is 2.55 bits per heavy atom. The maximum atomic E-state index is 13.3. The Kier molecular flexibility index (Phi) is 9.98. The van der Waals surface area contributed by atoms with E-state index >= 15 is 0 Å². The summed E-state index contributed by atoms with van der Waals surface area (Å²) in [4.78, 5) is 43.9. The summed E-state index contributed by atoms with van der Waals surface area (Å²) < 4.78 is 11.6. The van der Waals surface area contributed by atoms with Crippen molar-refractivity contribution >= 4 is 34.0 Å². The van der Waals surface area contributed by atoms with Gasteiger partial charge in [0, 0.05) is 68.9 Å². The second-order valence-corrected chi connectivity index (χ2v) is 11.7. The number of nitrogens with zero attached hydrogens (tertiary/aromatic N) is 5. The van der Waals surface area contributed by atoms with Crippen LogP contribution in [0, 0.1) is 0 Å². The number of benzene rings is 1. The molecule has 2 N–H and O–H groups in total. The largest absolute Gasteiger partial charge is 0.460 e. The zero-order valence-electron chi connectivity index (χ0n) is 24.4. The zero-order chi connectivity index (χ0) is 29.5. The molecule has 2 amide bonds. The van der Waals surface area contributed by atoms with Gasteiger partial charge in [0.25, 0.3) is 11.8 Å². The smallest absolute Gasteiger partial charge is 0.316 e. The molecule has 224 valence electrons. The number of anilines is 2. The predicted octanol–water partition coefficient (Wildman–Crippen LogP) is 3.98. The van der Waals surface area contributed by atoms with E-state index in [0.29, 0.717) is 49.3 Å². The van der Waals surface area contributed by atoms with E-state index in [1.54, 1.807) is 23.8 Å². The third-order valence-electron chi connectivity index (χ3n) is 7.58. The lowest BCUT2D eigenvalue weighted by Gasteiger charge is -2.38. The van der Waals surface area contributed by atoms with Crippen LogP contribution in [0.2, 0.25) is 0 Å². The summed E-state index contributed by atoms with van der Waals surface area (Å²) in [7, 11) is 0. The Bertz CT molecular complexity index is 1340. The fourth-order valence-corrected chi connectivity index (χ4v) is 6.10. The van der Waals surface area contributed by atoms with Gasteiger partial charge in [-0.25, -0.2) is 15.0 Å². The normalized spacial score (nSPS) is 19.8. The van der Waals surface area contributed by atoms with Crippen LogP contribution in [0.5, 0.6) is 6.01 Å². The van der Waals surface area contributed by atoms with Crippen molar-refractivity contribution in [1.82, 2.24) is 25.2 Å². The van der Waals surface area contributed by atoms with E-state index < -0.39 is 0 Å². The molecule has 2 aliphatic rings. The van der Waals surface area contributed by atoms with E-state index in [0.717, 1.165) is 43.0 Å². The van der Waals surface area contributed by atoms with E-state index in [2.05, 4.69) is 49.2 Å². The average molecular weight is 594 g/mol. The van der Waals surface area contributed by atoms with Crippen molar-refractivity contribution in [2.75, 3.05) is 43.1 Å². The van der Waals surface area contributed by atoms with Crippen molar-refractivity contribution in [2.24, 2.45) is 0 Å². The highest BCUT2D eigenvalue weighted by molar-refractivity contribution is 7.14. The van der Waals surface area contributed by atoms with Crippen LogP contribution in [0.25, 0.3) is 0 Å². The number of hydrogen-bond acceptors (Lipinski definition) is 10. The molecule has 1 aromatic carbocycles. The van der Waals surface area contributed by atoms with Gasteiger partial charge in [0.15, 0.2) is 5.13 Å². The number of rotatable bonds is 10. The van der Waals surface area contributed by atoms with Gasteiger partial charge in [-0.05, 0) is 44.0 Å². The van der Waals surface area contributed by atoms with Gasteiger partial charge in [-0.3, -0.25) is 14.5 Å². The van der Waals surface area contributed by atoms with Gasteiger partial charge in [-0.1, -0.05) is 13.0 Å². The molecule has 0 unspecified atom stereocenters. The number of carbonyl (C=O) groups excluding carboxylic acids is 2. The van der Waals surface area contributed by atoms with Crippen molar-refractivity contribution in [3.63, 3.8) is 0 Å². The molecule has 0 radical (unpaired) electrons. The molecule has 0 bridgehead atoms. The number of carbonyl (C=O) groups is 2. The summed E-state index contributed by atoms with van der Waals surface area (Å²) >= 11 is 1.44. The summed E-state index contributed by atoms with van der Waals surface area (Å²) in [6.07, 6.45) is 5.82. The molecule has 2 saturated heterocycles. The Balaban J connectivity index is 1.24. The van der Waals surface area contributed by atoms with E-state index in [1.165, 1.54) is 11.3 Å². The van der Waals surface area contributed by atoms with Crippen molar-refractivity contribution in [3.05, 3.63) is 58.9 Å². The fraction of sp³-hybridized carbons (Fsp3) is 0.500. The summed E-state index contributed by atoms with van der Waals surface area (Å²) in [5, 5.41) is 8.45. The minimum atomic E-state index is -0.343. The maximum Gasteiger partial charge on any atom is 0.316 e. The standard InChI is InChI=1S/C30H39N7O4S/c1-4-10-31-27(38)24-15-22(16-37-20(2)17-40-18-21(37)3)6-7-25(24)34-28(39)26-19-42-30(35-26)36-13-8-23(9-14-36)41-29-32-11-5-12-33-29/h5-7,11-12,15,19-21,23H,4,8-10,13-14,16-18H2,1-3H3,(H,31,38)(H,34,39)/t20-,21+. The lowest BCUT2D eigenvalue weighted by atomic mass is 10.0. The van der Waals surface area contributed by atoms with E-state index in [9.17, 15) is 9.59 Å². The van der Waals surface area contributed by atoms with Gasteiger partial charge in [-0.15, -0.1) is 11.3 Å². The van der Waals surface area contributed by atoms with Crippen LogP contribution in [0.15, 0.2) is 42.0 Å². The first kappa shape index (κ1) is 29.9. The molecule has 0 saturated carbocycles. The molecule has 0 aliphatic carbocycles. The number of thiazole rings is 1. The molecule has 42 heavy (non-hydrogen) atoms. The fourth-order valence-electron chi connectivity index (χ4n) is 5.24. The number of amides is 2. The van der Waals surface area contributed by atoms with E-state index in [1.807, 2.05) is 25.1 Å². The van der Waals surface area contributed by atoms with Crippen LogP contribution in [0.4, 0.5) is 10.8 Å². The van der Waals surface area contributed by atoms with Crippen LogP contribution in [-0.2, 0) is 11.3 Å². The molecule has 0 spiro atoms. The monoisotopic (exact) mass is 593 g/mol. The quantitative estimate of drug-likeness (QED) is 0.359. The molecule has 5 rings (SSSR count). The first-order valence-corrected chi connectivity index (χ1v) is 15.5. The average Bonchev–Trinajstić information content (AvgIpc) is 3.50. The molecule has 2 aliphatic heterocycles. The van der Waals surface area contributed by atoms with Crippen molar-refractivity contribution < 1.29 is 19.1 Å². The Morgan fingerprint density at radius 2 is 1.83 bits per heavy atom. The SMILES string of the molecule is CCCNC(=O)c1cc(CN2[C@H](C)COC[C@@H]2C)ccc1NC(=O)c1csc(N2CCC(Oc3ncccn3)CC2)n1. The maximum absolute atomic E-state index is 13.3. The third-order valence-corrected chi connectivity index (χ3v) is 8.48. The number of aromatic nitrogens is 3. The van der Waals surface area contributed by atoms with Gasteiger partial charge < -0.3 is 25.0 Å². The first-order valence-electron chi connectivity index (χ1n) is 14.6. The topological polar surface area (TPSA) is 122 Å². The summed E-state index contributed by atoms with van der Waals surface area (Å²) in [5.41, 5.74) is 2.25. The minimum Gasteiger partial charge on any atom is -0.460 e. The van der Waals surface area contributed by atoms with Crippen molar-refractivity contribution in [2.45, 2.75) is 64.8 Å². The highest BCUT2D eigenvalue weighted by Gasteiger charge is 2.27. The number of morpholine rings is 1. The van der Waals surface area contributed by atoms with Gasteiger partial charge >= 0.3 is 6.01 Å². The second-order valence-electron chi connectivity index (χ2n) is 10.8. The lowest BCUT2D eigenvalue weighted by Crippen LogP contribution is -2.48. The summed E-state index contributed by atoms with van der Waals surface area (Å²) in [6, 6.07) is 8.38. The molecular weight excluding hydrogens is 554 g/mol. The van der Waals surface area contributed by atoms with Crippen LogP contribution in [0.3, 0.4) is 0 Å². The highest BCUT2D eigenvalue weighted by atomic mass is 32.1. The molecule has 12 heteroatoms. The molecule has 11 nitrogen and oxygen atoms in total. The first-order chi connectivity index (χ1) is 20.4. The minimum absolute atomic E-state index is 0.0429.